The molecule has 0 saturated carbocycles. The first-order chi connectivity index (χ1) is 16.3. The number of morpholine rings is 1. The van der Waals surface area contributed by atoms with Crippen LogP contribution in [0.5, 0.6) is 0 Å². The highest BCUT2D eigenvalue weighted by Crippen LogP contribution is 2.33. The van der Waals surface area contributed by atoms with Crippen LogP contribution in [0.1, 0.15) is 21.7 Å². The number of thiazole rings is 1. The summed E-state index contributed by atoms with van der Waals surface area (Å²) >= 11 is 7.96. The van der Waals surface area contributed by atoms with E-state index in [4.69, 9.17) is 16.3 Å². The van der Waals surface area contributed by atoms with E-state index in [0.717, 1.165) is 35.2 Å². The van der Waals surface area contributed by atoms with Crippen molar-refractivity contribution in [1.82, 2.24) is 19.9 Å². The number of benzene rings is 1. The highest BCUT2D eigenvalue weighted by molar-refractivity contribution is 7.16. The van der Waals surface area contributed by atoms with Gasteiger partial charge in [-0.05, 0) is 12.1 Å². The molecule has 5 rings (SSSR count). The Balaban J connectivity index is 1.31. The SMILES string of the molecule is O=c1[nH]c(-c2ccc(C(F)(F)F)cc2)nc2c1CN(Cc1sc(N3CCOCC3)nc1Cl)CC2. The first kappa shape index (κ1) is 23.3. The quantitative estimate of drug-likeness (QED) is 0.571. The molecule has 0 radical (unpaired) electrons. The zero-order valence-corrected chi connectivity index (χ0v) is 19.6. The molecule has 2 aliphatic rings. The monoisotopic (exact) mass is 511 g/mol. The van der Waals surface area contributed by atoms with Crippen LogP contribution in [0.2, 0.25) is 5.15 Å². The van der Waals surface area contributed by atoms with E-state index >= 15 is 0 Å². The van der Waals surface area contributed by atoms with Gasteiger partial charge < -0.3 is 14.6 Å². The van der Waals surface area contributed by atoms with E-state index in [1.54, 1.807) is 11.3 Å². The van der Waals surface area contributed by atoms with Gasteiger partial charge >= 0.3 is 6.18 Å². The van der Waals surface area contributed by atoms with E-state index in [9.17, 15) is 18.0 Å². The third-order valence-corrected chi connectivity index (χ3v) is 7.45. The number of hydrogen-bond acceptors (Lipinski definition) is 7. The molecule has 0 spiro atoms. The minimum absolute atomic E-state index is 0.270. The Morgan fingerprint density at radius 1 is 1.12 bits per heavy atom. The number of fused-ring (bicyclic) bond motifs is 1. The fourth-order valence-corrected chi connectivity index (χ4v) is 5.43. The molecule has 34 heavy (non-hydrogen) atoms. The number of nitrogens with zero attached hydrogens (tertiary/aromatic N) is 4. The van der Waals surface area contributed by atoms with Crippen LogP contribution in [0.3, 0.4) is 0 Å². The summed E-state index contributed by atoms with van der Waals surface area (Å²) in [5.41, 5.74) is 0.636. The predicted molar refractivity (Wildman–Crippen MR) is 123 cm³/mol. The Hall–Kier alpha value is -2.47. The van der Waals surface area contributed by atoms with E-state index in [-0.39, 0.29) is 11.4 Å². The van der Waals surface area contributed by atoms with Crippen molar-refractivity contribution in [3.63, 3.8) is 0 Å². The summed E-state index contributed by atoms with van der Waals surface area (Å²) in [7, 11) is 0. The zero-order chi connectivity index (χ0) is 23.9. The molecule has 0 amide bonds. The second-order valence-corrected chi connectivity index (χ2v) is 9.61. The van der Waals surface area contributed by atoms with Gasteiger partial charge in [0, 0.05) is 44.7 Å². The lowest BCUT2D eigenvalue weighted by Crippen LogP contribution is -2.36. The van der Waals surface area contributed by atoms with Gasteiger partial charge in [-0.25, -0.2) is 9.97 Å². The van der Waals surface area contributed by atoms with Gasteiger partial charge in [0.2, 0.25) is 0 Å². The molecule has 2 aromatic heterocycles. The third-order valence-electron chi connectivity index (χ3n) is 5.92. The Morgan fingerprint density at radius 2 is 1.85 bits per heavy atom. The van der Waals surface area contributed by atoms with Crippen LogP contribution in [-0.2, 0) is 30.4 Å². The maximum Gasteiger partial charge on any atom is 0.416 e. The van der Waals surface area contributed by atoms with E-state index in [1.807, 2.05) is 0 Å². The molecule has 1 N–H and O–H groups in total. The highest BCUT2D eigenvalue weighted by Gasteiger charge is 2.30. The van der Waals surface area contributed by atoms with Crippen LogP contribution >= 0.6 is 22.9 Å². The summed E-state index contributed by atoms with van der Waals surface area (Å²) in [6.07, 6.45) is -3.86. The number of aromatic nitrogens is 3. The Bertz CT molecular complexity index is 1240. The lowest BCUT2D eigenvalue weighted by Gasteiger charge is -2.27. The van der Waals surface area contributed by atoms with Crippen LogP contribution in [0, 0.1) is 0 Å². The van der Waals surface area contributed by atoms with Gasteiger partial charge in [0.25, 0.3) is 5.56 Å². The molecule has 0 bridgehead atoms. The molecule has 3 aromatic rings. The number of aromatic amines is 1. The van der Waals surface area contributed by atoms with Crippen molar-refractivity contribution in [2.45, 2.75) is 25.7 Å². The number of rotatable bonds is 4. The van der Waals surface area contributed by atoms with Crippen molar-refractivity contribution < 1.29 is 17.9 Å². The van der Waals surface area contributed by atoms with Crippen molar-refractivity contribution >= 4 is 28.1 Å². The number of ether oxygens (including phenoxy) is 1. The highest BCUT2D eigenvalue weighted by atomic mass is 35.5. The van der Waals surface area contributed by atoms with Gasteiger partial charge in [0.1, 0.15) is 11.0 Å². The van der Waals surface area contributed by atoms with Crippen molar-refractivity contribution in [2.24, 2.45) is 0 Å². The molecule has 0 aliphatic carbocycles. The molecule has 12 heteroatoms. The number of alkyl halides is 3. The molecular weight excluding hydrogens is 491 g/mol. The molecule has 1 fully saturated rings. The van der Waals surface area contributed by atoms with E-state index in [0.29, 0.717) is 61.2 Å². The molecular formula is C22H21ClF3N5O2S. The summed E-state index contributed by atoms with van der Waals surface area (Å²) in [5.74, 6) is 0.270. The molecule has 7 nitrogen and oxygen atoms in total. The number of nitrogens with one attached hydrogen (secondary N) is 1. The molecule has 180 valence electrons. The van der Waals surface area contributed by atoms with Gasteiger partial charge in [-0.2, -0.15) is 13.2 Å². The van der Waals surface area contributed by atoms with Crippen LogP contribution < -0.4 is 10.5 Å². The molecule has 4 heterocycles. The standard InChI is InChI=1S/C22H21ClF3N5O2S/c23-18-17(34-21(28-18)31-7-9-33-10-8-31)12-30-6-5-16-15(11-30)20(32)29-19(27-16)13-1-3-14(4-2-13)22(24,25)26/h1-4H,5-12H2,(H,27,29,32). The van der Waals surface area contributed by atoms with Gasteiger partial charge in [-0.15, -0.1) is 0 Å². The first-order valence-corrected chi connectivity index (χ1v) is 12.0. The van der Waals surface area contributed by atoms with Crippen molar-refractivity contribution in [1.29, 1.82) is 0 Å². The summed E-state index contributed by atoms with van der Waals surface area (Å²) < 4.78 is 43.9. The molecule has 0 unspecified atom stereocenters. The van der Waals surface area contributed by atoms with Crippen molar-refractivity contribution in [2.75, 3.05) is 37.7 Å². The van der Waals surface area contributed by atoms with Gasteiger partial charge in [-0.3, -0.25) is 9.69 Å². The summed E-state index contributed by atoms with van der Waals surface area (Å²) in [6.45, 7) is 4.55. The predicted octanol–water partition coefficient (Wildman–Crippen LogP) is 3.96. The minimum atomic E-state index is -4.41. The van der Waals surface area contributed by atoms with Crippen LogP contribution in [-0.4, -0.2) is 52.7 Å². The van der Waals surface area contributed by atoms with Gasteiger partial charge in [0.05, 0.1) is 34.9 Å². The van der Waals surface area contributed by atoms with Gasteiger partial charge in [-0.1, -0.05) is 35.1 Å². The smallest absolute Gasteiger partial charge is 0.378 e. The van der Waals surface area contributed by atoms with E-state index in [2.05, 4.69) is 24.8 Å². The largest absolute Gasteiger partial charge is 0.416 e. The van der Waals surface area contributed by atoms with Crippen LogP contribution in [0.25, 0.3) is 11.4 Å². The second kappa shape index (κ2) is 9.29. The molecule has 0 atom stereocenters. The summed E-state index contributed by atoms with van der Waals surface area (Å²) in [6, 6.07) is 4.61. The van der Waals surface area contributed by atoms with Crippen LogP contribution in [0.15, 0.2) is 29.1 Å². The van der Waals surface area contributed by atoms with Crippen molar-refractivity contribution in [3.8, 4) is 11.4 Å². The summed E-state index contributed by atoms with van der Waals surface area (Å²) in [5, 5.41) is 1.35. The zero-order valence-electron chi connectivity index (χ0n) is 18.0. The van der Waals surface area contributed by atoms with Crippen molar-refractivity contribution in [3.05, 3.63) is 61.5 Å². The average Bonchev–Trinajstić information content (AvgIpc) is 3.19. The number of anilines is 1. The molecule has 1 aromatic carbocycles. The third kappa shape index (κ3) is 4.83. The topological polar surface area (TPSA) is 74.4 Å². The van der Waals surface area contributed by atoms with E-state index in [1.165, 1.54) is 12.1 Å². The maximum absolute atomic E-state index is 12.8. The number of halogens is 4. The van der Waals surface area contributed by atoms with Gasteiger partial charge in [0.15, 0.2) is 5.13 Å². The number of H-pyrrole nitrogens is 1. The lowest BCUT2D eigenvalue weighted by molar-refractivity contribution is -0.137. The Kier molecular flexibility index (Phi) is 6.36. The first-order valence-electron chi connectivity index (χ1n) is 10.8. The fraction of sp³-hybridized carbons (Fsp3) is 0.409. The number of hydrogen-bond donors (Lipinski definition) is 1. The normalized spacial score (nSPS) is 17.1. The lowest BCUT2D eigenvalue weighted by atomic mass is 10.1. The fourth-order valence-electron chi connectivity index (χ4n) is 4.08. The second-order valence-electron chi connectivity index (χ2n) is 8.19. The Labute approximate surface area is 202 Å². The van der Waals surface area contributed by atoms with Crippen LogP contribution in [0.4, 0.5) is 18.3 Å². The maximum atomic E-state index is 12.8. The summed E-state index contributed by atoms with van der Waals surface area (Å²) in [4.78, 5) is 29.8. The molecule has 2 aliphatic heterocycles. The minimum Gasteiger partial charge on any atom is -0.378 e. The van der Waals surface area contributed by atoms with E-state index < -0.39 is 11.7 Å². The molecule has 1 saturated heterocycles. The Morgan fingerprint density at radius 3 is 2.56 bits per heavy atom. The average molecular weight is 512 g/mol.